The third kappa shape index (κ3) is 4.01. The van der Waals surface area contributed by atoms with Crippen molar-refractivity contribution in [2.45, 2.75) is 11.6 Å². The van der Waals surface area contributed by atoms with Gasteiger partial charge in [0.2, 0.25) is 0 Å². The summed E-state index contributed by atoms with van der Waals surface area (Å²) in [5.41, 5.74) is -1.50. The van der Waals surface area contributed by atoms with Gasteiger partial charge in [-0.1, -0.05) is 11.6 Å². The normalized spacial score (nSPS) is 12.3. The summed E-state index contributed by atoms with van der Waals surface area (Å²) in [5, 5.41) is -3.99. The van der Waals surface area contributed by atoms with E-state index in [1.54, 1.807) is 0 Å². The van der Waals surface area contributed by atoms with E-state index in [1.165, 1.54) is 18.2 Å². The summed E-state index contributed by atoms with van der Waals surface area (Å²) in [6, 6.07) is 7.39. The summed E-state index contributed by atoms with van der Waals surface area (Å²) in [7, 11) is 0. The second-order valence-corrected chi connectivity index (χ2v) is 5.15. The molecular formula is C14H7Cl2F5O. The van der Waals surface area contributed by atoms with Crippen LogP contribution in [0.3, 0.4) is 0 Å². The van der Waals surface area contributed by atoms with Crippen molar-refractivity contribution in [1.29, 1.82) is 0 Å². The van der Waals surface area contributed by atoms with Crippen LogP contribution in [0.1, 0.15) is 11.1 Å². The van der Waals surface area contributed by atoms with E-state index >= 15 is 0 Å². The minimum Gasteiger partial charge on any atom is -0.457 e. The zero-order valence-corrected chi connectivity index (χ0v) is 12.1. The van der Waals surface area contributed by atoms with Crippen LogP contribution in [0.5, 0.6) is 11.5 Å². The highest BCUT2D eigenvalue weighted by Crippen LogP contribution is 2.38. The molecule has 2 rings (SSSR count). The van der Waals surface area contributed by atoms with Gasteiger partial charge in [-0.05, 0) is 54.1 Å². The average Bonchev–Trinajstić information content (AvgIpc) is 2.39. The van der Waals surface area contributed by atoms with Crippen LogP contribution < -0.4 is 4.74 Å². The number of hydrogen-bond donors (Lipinski definition) is 0. The molecule has 0 spiro atoms. The number of benzene rings is 2. The molecule has 2 aromatic rings. The fourth-order valence-electron chi connectivity index (χ4n) is 1.63. The van der Waals surface area contributed by atoms with E-state index < -0.39 is 27.7 Å². The molecule has 0 unspecified atom stereocenters. The Hall–Kier alpha value is -1.53. The summed E-state index contributed by atoms with van der Waals surface area (Å²) in [6.45, 7) is 0. The lowest BCUT2D eigenvalue weighted by molar-refractivity contribution is -0.137. The Balaban J connectivity index is 2.24. The molecule has 0 amide bonds. The molecule has 0 aromatic heterocycles. The quantitative estimate of drug-likeness (QED) is 0.454. The number of halogens is 7. The Morgan fingerprint density at radius 1 is 0.818 bits per heavy atom. The second kappa shape index (κ2) is 5.93. The van der Waals surface area contributed by atoms with Crippen LogP contribution in [0.4, 0.5) is 22.0 Å². The van der Waals surface area contributed by atoms with Crippen LogP contribution in [0.15, 0.2) is 42.5 Å². The van der Waals surface area contributed by atoms with Gasteiger partial charge in [-0.25, -0.2) is 0 Å². The molecular weight excluding hydrogens is 350 g/mol. The Morgan fingerprint density at radius 2 is 1.36 bits per heavy atom. The molecule has 0 heterocycles. The molecule has 0 atom stereocenters. The molecule has 2 aromatic carbocycles. The highest BCUT2D eigenvalue weighted by atomic mass is 35.5. The first-order chi connectivity index (χ1) is 10.1. The van der Waals surface area contributed by atoms with Crippen LogP contribution in [-0.2, 0) is 11.6 Å². The standard InChI is InChI=1S/C14H7Cl2F5O/c15-12-6-5-10(7-11(12)14(19,20)21)22-9-3-1-8(2-4-9)13(16,17)18/h1-7H. The molecule has 0 bridgehead atoms. The largest absolute Gasteiger partial charge is 0.457 e. The van der Waals surface area contributed by atoms with Gasteiger partial charge in [0.25, 0.3) is 0 Å². The smallest absolute Gasteiger partial charge is 0.417 e. The molecule has 22 heavy (non-hydrogen) atoms. The third-order valence-corrected chi connectivity index (χ3v) is 3.21. The van der Waals surface area contributed by atoms with Gasteiger partial charge in [-0.15, -0.1) is 0 Å². The van der Waals surface area contributed by atoms with E-state index in [0.717, 1.165) is 24.3 Å². The zero-order valence-electron chi connectivity index (χ0n) is 10.6. The van der Waals surface area contributed by atoms with Gasteiger partial charge in [-0.3, -0.25) is 0 Å². The van der Waals surface area contributed by atoms with Crippen LogP contribution in [0.25, 0.3) is 0 Å². The van der Waals surface area contributed by atoms with Crippen molar-refractivity contribution in [2.24, 2.45) is 0 Å². The minimum absolute atomic E-state index is 0.0834. The number of ether oxygens (including phenoxy) is 1. The molecule has 118 valence electrons. The number of hydrogen-bond acceptors (Lipinski definition) is 1. The SMILES string of the molecule is FC(F)(F)c1cc(Oc2ccc(C(F)(F)Cl)cc2)ccc1Cl. The van der Waals surface area contributed by atoms with Crippen LogP contribution in [0.2, 0.25) is 5.02 Å². The maximum Gasteiger partial charge on any atom is 0.417 e. The van der Waals surface area contributed by atoms with Crippen molar-refractivity contribution >= 4 is 23.2 Å². The fraction of sp³-hybridized carbons (Fsp3) is 0.143. The van der Waals surface area contributed by atoms with Crippen molar-refractivity contribution < 1.29 is 26.7 Å². The molecule has 0 N–H and O–H groups in total. The Bertz CT molecular complexity index is 662. The lowest BCUT2D eigenvalue weighted by atomic mass is 10.2. The highest BCUT2D eigenvalue weighted by Gasteiger charge is 2.33. The van der Waals surface area contributed by atoms with Crippen molar-refractivity contribution in [3.63, 3.8) is 0 Å². The van der Waals surface area contributed by atoms with E-state index in [4.69, 9.17) is 27.9 Å². The van der Waals surface area contributed by atoms with Crippen LogP contribution in [0, 0.1) is 0 Å². The zero-order chi connectivity index (χ0) is 16.5. The second-order valence-electron chi connectivity index (χ2n) is 4.26. The van der Waals surface area contributed by atoms with Crippen LogP contribution in [-0.4, -0.2) is 0 Å². The predicted octanol–water partition coefficient (Wildman–Crippen LogP) is 6.44. The molecule has 0 saturated carbocycles. The lowest BCUT2D eigenvalue weighted by Crippen LogP contribution is -2.06. The summed E-state index contributed by atoms with van der Waals surface area (Å²) in [5.74, 6) is -0.0396. The van der Waals surface area contributed by atoms with Gasteiger partial charge in [-0.2, -0.15) is 22.0 Å². The molecule has 0 aliphatic heterocycles. The van der Waals surface area contributed by atoms with E-state index in [0.29, 0.717) is 0 Å². The van der Waals surface area contributed by atoms with E-state index in [-0.39, 0.29) is 11.5 Å². The molecule has 8 heteroatoms. The summed E-state index contributed by atoms with van der Waals surface area (Å²) in [6.07, 6.45) is -4.62. The molecule has 0 radical (unpaired) electrons. The summed E-state index contributed by atoms with van der Waals surface area (Å²) >= 11 is 10.3. The summed E-state index contributed by atoms with van der Waals surface area (Å²) in [4.78, 5) is 0. The van der Waals surface area contributed by atoms with E-state index in [9.17, 15) is 22.0 Å². The van der Waals surface area contributed by atoms with Gasteiger partial charge in [0.15, 0.2) is 0 Å². The first-order valence-corrected chi connectivity index (χ1v) is 6.55. The lowest BCUT2D eigenvalue weighted by Gasteiger charge is -2.12. The monoisotopic (exact) mass is 356 g/mol. The summed E-state index contributed by atoms with van der Waals surface area (Å²) < 4.78 is 69.0. The van der Waals surface area contributed by atoms with E-state index in [1.807, 2.05) is 0 Å². The average molecular weight is 357 g/mol. The van der Waals surface area contributed by atoms with Gasteiger partial charge in [0.1, 0.15) is 11.5 Å². The Kier molecular flexibility index (Phi) is 4.54. The first-order valence-electron chi connectivity index (χ1n) is 5.79. The molecule has 0 aliphatic carbocycles. The Labute approximate surface area is 132 Å². The molecule has 0 aliphatic rings. The predicted molar refractivity (Wildman–Crippen MR) is 72.7 cm³/mol. The van der Waals surface area contributed by atoms with Crippen molar-refractivity contribution in [3.05, 3.63) is 58.6 Å². The molecule has 0 saturated heterocycles. The van der Waals surface area contributed by atoms with Crippen LogP contribution >= 0.6 is 23.2 Å². The highest BCUT2D eigenvalue weighted by molar-refractivity contribution is 6.31. The topological polar surface area (TPSA) is 9.23 Å². The minimum atomic E-state index is -4.62. The van der Waals surface area contributed by atoms with Gasteiger partial charge in [0.05, 0.1) is 10.6 Å². The maximum atomic E-state index is 12.8. The fourth-order valence-corrected chi connectivity index (χ4v) is 1.98. The molecule has 0 fully saturated rings. The number of alkyl halides is 6. The number of rotatable bonds is 3. The van der Waals surface area contributed by atoms with Crippen molar-refractivity contribution in [3.8, 4) is 11.5 Å². The Morgan fingerprint density at radius 3 is 1.86 bits per heavy atom. The third-order valence-electron chi connectivity index (χ3n) is 2.66. The van der Waals surface area contributed by atoms with Crippen molar-refractivity contribution in [2.75, 3.05) is 0 Å². The van der Waals surface area contributed by atoms with Gasteiger partial charge in [0, 0.05) is 5.56 Å². The van der Waals surface area contributed by atoms with Crippen molar-refractivity contribution in [1.82, 2.24) is 0 Å². The van der Waals surface area contributed by atoms with Gasteiger partial charge >= 0.3 is 11.6 Å². The molecule has 1 nitrogen and oxygen atoms in total. The van der Waals surface area contributed by atoms with E-state index in [2.05, 4.69) is 0 Å². The maximum absolute atomic E-state index is 12.8. The van der Waals surface area contributed by atoms with Gasteiger partial charge < -0.3 is 4.74 Å². The first kappa shape index (κ1) is 16.8.